The average molecular weight is 642 g/mol. The normalized spacial score (nSPS) is 11.0. The number of carbonyl (C=O) groups excluding carboxylic acids is 2. The maximum atomic E-state index is 13.4. The van der Waals surface area contributed by atoms with Gasteiger partial charge in [-0.25, -0.2) is 10.2 Å². The molecule has 11 heteroatoms. The van der Waals surface area contributed by atoms with Crippen LogP contribution in [-0.4, -0.2) is 51.0 Å². The van der Waals surface area contributed by atoms with Gasteiger partial charge in [0.25, 0.3) is 5.91 Å². The number of fused-ring (bicyclic) bond motifs is 1. The number of aromatic amines is 1. The molecule has 5 rings (SSSR count). The van der Waals surface area contributed by atoms with Crippen LogP contribution in [0.4, 0.5) is 0 Å². The number of amides is 1. The number of carbonyl (C=O) groups is 2. The van der Waals surface area contributed by atoms with Crippen LogP contribution < -0.4 is 29.1 Å². The minimum absolute atomic E-state index is 0.189. The summed E-state index contributed by atoms with van der Waals surface area (Å²) < 4.78 is 27.4. The van der Waals surface area contributed by atoms with E-state index in [9.17, 15) is 9.59 Å². The van der Waals surface area contributed by atoms with E-state index >= 15 is 0 Å². The molecule has 0 saturated carbocycles. The lowest BCUT2D eigenvalue weighted by Gasteiger charge is -2.15. The third-order valence-electron chi connectivity index (χ3n) is 7.07. The number of nitrogens with one attached hydrogen (secondary N) is 2. The SMILES string of the molecule is CCOc1cc(C=NNC(=O)c2[nH]c3ccc(C)cc3c2-c2ccccc2Cl)ccc1OC(=O)c1cc(OC)c(OC)c(OC)c1. The summed E-state index contributed by atoms with van der Waals surface area (Å²) in [7, 11) is 4.39. The van der Waals surface area contributed by atoms with Gasteiger partial charge in [-0.2, -0.15) is 5.10 Å². The third-order valence-corrected chi connectivity index (χ3v) is 7.40. The van der Waals surface area contributed by atoms with Gasteiger partial charge in [0.1, 0.15) is 5.69 Å². The number of halogens is 1. The van der Waals surface area contributed by atoms with E-state index in [0.717, 1.165) is 22.0 Å². The first-order chi connectivity index (χ1) is 22.3. The first kappa shape index (κ1) is 31.9. The second kappa shape index (κ2) is 14.1. The molecule has 2 N–H and O–H groups in total. The van der Waals surface area contributed by atoms with Gasteiger partial charge in [0.05, 0.1) is 39.7 Å². The predicted octanol–water partition coefficient (Wildman–Crippen LogP) is 7.20. The van der Waals surface area contributed by atoms with E-state index in [0.29, 0.717) is 51.4 Å². The van der Waals surface area contributed by atoms with E-state index in [-0.39, 0.29) is 11.3 Å². The van der Waals surface area contributed by atoms with E-state index in [1.165, 1.54) is 39.7 Å². The molecule has 4 aromatic carbocycles. The molecule has 1 amide bonds. The van der Waals surface area contributed by atoms with Crippen LogP contribution in [0.2, 0.25) is 5.02 Å². The Labute approximate surface area is 270 Å². The molecule has 0 atom stereocenters. The Morgan fingerprint density at radius 1 is 0.891 bits per heavy atom. The van der Waals surface area contributed by atoms with Crippen LogP contribution in [0.25, 0.3) is 22.0 Å². The highest BCUT2D eigenvalue weighted by Crippen LogP contribution is 2.39. The van der Waals surface area contributed by atoms with Crippen molar-refractivity contribution in [2.45, 2.75) is 13.8 Å². The zero-order valence-corrected chi connectivity index (χ0v) is 26.7. The molecule has 0 aliphatic rings. The van der Waals surface area contributed by atoms with Gasteiger partial charge in [-0.05, 0) is 67.9 Å². The molecule has 1 heterocycles. The van der Waals surface area contributed by atoms with Crippen molar-refractivity contribution < 1.29 is 33.3 Å². The molecular weight excluding hydrogens is 610 g/mol. The zero-order valence-electron chi connectivity index (χ0n) is 25.9. The van der Waals surface area contributed by atoms with Gasteiger partial charge in [-0.1, -0.05) is 41.4 Å². The van der Waals surface area contributed by atoms with Crippen LogP contribution in [0.15, 0.2) is 77.9 Å². The number of nitrogens with zero attached hydrogens (tertiary/aromatic N) is 1. The maximum absolute atomic E-state index is 13.4. The Kier molecular flexibility index (Phi) is 9.78. The minimum atomic E-state index is -0.656. The van der Waals surface area contributed by atoms with E-state index in [1.807, 2.05) is 50.2 Å². The molecule has 0 bridgehead atoms. The highest BCUT2D eigenvalue weighted by Gasteiger charge is 2.22. The first-order valence-electron chi connectivity index (χ1n) is 14.3. The van der Waals surface area contributed by atoms with Gasteiger partial charge >= 0.3 is 5.97 Å². The molecule has 10 nitrogen and oxygen atoms in total. The van der Waals surface area contributed by atoms with Crippen LogP contribution in [-0.2, 0) is 0 Å². The molecule has 236 valence electrons. The largest absolute Gasteiger partial charge is 0.493 e. The van der Waals surface area contributed by atoms with Crippen molar-refractivity contribution in [2.75, 3.05) is 27.9 Å². The fourth-order valence-corrected chi connectivity index (χ4v) is 5.19. The highest BCUT2D eigenvalue weighted by molar-refractivity contribution is 6.34. The lowest BCUT2D eigenvalue weighted by molar-refractivity contribution is 0.0727. The number of H-pyrrole nitrogens is 1. The summed E-state index contributed by atoms with van der Waals surface area (Å²) in [6, 6.07) is 21.2. The Bertz CT molecular complexity index is 1930. The molecule has 0 fully saturated rings. The van der Waals surface area contributed by atoms with Crippen LogP contribution in [0.3, 0.4) is 0 Å². The Balaban J connectivity index is 1.37. The molecule has 0 aliphatic carbocycles. The number of esters is 1. The van der Waals surface area contributed by atoms with Gasteiger partial charge in [0.15, 0.2) is 23.0 Å². The molecule has 1 aromatic heterocycles. The van der Waals surface area contributed by atoms with Gasteiger partial charge in [-0.3, -0.25) is 4.79 Å². The molecule has 0 radical (unpaired) electrons. The molecule has 5 aromatic rings. The van der Waals surface area contributed by atoms with Crippen LogP contribution in [0, 0.1) is 6.92 Å². The van der Waals surface area contributed by atoms with Crippen molar-refractivity contribution in [3.63, 3.8) is 0 Å². The number of aromatic nitrogens is 1. The van der Waals surface area contributed by atoms with Crippen molar-refractivity contribution in [2.24, 2.45) is 5.10 Å². The van der Waals surface area contributed by atoms with Crippen molar-refractivity contribution in [1.29, 1.82) is 0 Å². The number of benzene rings is 4. The zero-order chi connectivity index (χ0) is 32.8. The number of aryl methyl sites for hydroxylation is 1. The molecular formula is C35H32ClN3O7. The van der Waals surface area contributed by atoms with Gasteiger partial charge in [0, 0.05) is 27.1 Å². The smallest absolute Gasteiger partial charge is 0.343 e. The van der Waals surface area contributed by atoms with E-state index < -0.39 is 11.9 Å². The van der Waals surface area contributed by atoms with E-state index in [1.54, 1.807) is 24.3 Å². The molecule has 0 saturated heterocycles. The number of rotatable bonds is 11. The Morgan fingerprint density at radius 3 is 2.30 bits per heavy atom. The molecule has 0 spiro atoms. The van der Waals surface area contributed by atoms with Crippen molar-refractivity contribution in [3.05, 3.63) is 100 Å². The van der Waals surface area contributed by atoms with Crippen LogP contribution in [0.5, 0.6) is 28.7 Å². The summed E-state index contributed by atoms with van der Waals surface area (Å²) in [6.07, 6.45) is 1.47. The number of hydrogen-bond donors (Lipinski definition) is 2. The third kappa shape index (κ3) is 6.62. The van der Waals surface area contributed by atoms with Crippen molar-refractivity contribution in [1.82, 2.24) is 10.4 Å². The Morgan fingerprint density at radius 2 is 1.63 bits per heavy atom. The van der Waals surface area contributed by atoms with Gasteiger partial charge in [0.2, 0.25) is 5.75 Å². The fourth-order valence-electron chi connectivity index (χ4n) is 4.96. The predicted molar refractivity (Wildman–Crippen MR) is 177 cm³/mol. The molecule has 0 aliphatic heterocycles. The monoisotopic (exact) mass is 641 g/mol. The summed E-state index contributed by atoms with van der Waals surface area (Å²) in [5, 5.41) is 5.58. The van der Waals surface area contributed by atoms with Crippen molar-refractivity contribution in [3.8, 4) is 39.9 Å². The van der Waals surface area contributed by atoms with Crippen LogP contribution >= 0.6 is 11.6 Å². The van der Waals surface area contributed by atoms with Gasteiger partial charge < -0.3 is 28.7 Å². The Hall–Kier alpha value is -5.48. The molecule has 46 heavy (non-hydrogen) atoms. The number of ether oxygens (including phenoxy) is 5. The fraction of sp³-hybridized carbons (Fsp3) is 0.171. The van der Waals surface area contributed by atoms with Gasteiger partial charge in [-0.15, -0.1) is 0 Å². The maximum Gasteiger partial charge on any atom is 0.343 e. The van der Waals surface area contributed by atoms with E-state index in [2.05, 4.69) is 15.5 Å². The van der Waals surface area contributed by atoms with Crippen LogP contribution in [0.1, 0.15) is 38.9 Å². The summed E-state index contributed by atoms with van der Waals surface area (Å²) >= 11 is 6.54. The number of methoxy groups -OCH3 is 3. The van der Waals surface area contributed by atoms with E-state index in [4.69, 9.17) is 35.3 Å². The summed E-state index contributed by atoms with van der Waals surface area (Å²) in [5.74, 6) is 0.387. The second-order valence-corrected chi connectivity index (χ2v) is 10.5. The standard InChI is InChI=1S/C35H32ClN3O7/c1-6-45-28-16-21(12-14-27(28)46-35(41)22-17-29(42-3)33(44-5)30(18-22)43-4)19-37-39-34(40)32-31(23-9-7-8-10-25(23)36)24-15-20(2)11-13-26(24)38-32/h7-19,38H,6H2,1-5H3,(H,39,40). The average Bonchev–Trinajstić information content (AvgIpc) is 3.43. The molecule has 0 unspecified atom stereocenters. The lowest BCUT2D eigenvalue weighted by atomic mass is 10.0. The first-order valence-corrected chi connectivity index (χ1v) is 14.6. The quantitative estimate of drug-likeness (QED) is 0.0677. The van der Waals surface area contributed by atoms with Crippen molar-refractivity contribution >= 4 is 40.6 Å². The lowest BCUT2D eigenvalue weighted by Crippen LogP contribution is -2.19. The summed E-state index contributed by atoms with van der Waals surface area (Å²) in [4.78, 5) is 29.7. The highest BCUT2D eigenvalue weighted by atomic mass is 35.5. The number of hydrazone groups is 1. The summed E-state index contributed by atoms with van der Waals surface area (Å²) in [6.45, 7) is 4.11. The topological polar surface area (TPSA) is 120 Å². The second-order valence-electron chi connectivity index (χ2n) is 10.0. The number of hydrogen-bond acceptors (Lipinski definition) is 8. The summed E-state index contributed by atoms with van der Waals surface area (Å²) in [5.41, 5.74) is 6.98. The minimum Gasteiger partial charge on any atom is -0.493 e.